The number of hydrogen-bond donors (Lipinski definition) is 0. The van der Waals surface area contributed by atoms with Crippen LogP contribution in [0.1, 0.15) is 31.9 Å². The minimum atomic E-state index is 0.556. The molecule has 0 amide bonds. The van der Waals surface area contributed by atoms with Gasteiger partial charge in [-0.2, -0.15) is 0 Å². The highest BCUT2D eigenvalue weighted by molar-refractivity contribution is 9.10. The van der Waals surface area contributed by atoms with E-state index in [1.807, 2.05) is 0 Å². The Hall–Kier alpha value is -0.670. The second-order valence-corrected chi connectivity index (χ2v) is 5.67. The second-order valence-electron chi connectivity index (χ2n) is 3.89. The molecule has 0 N–H and O–H groups in total. The molecule has 1 unspecified atom stereocenters. The molecule has 2 aromatic rings. The van der Waals surface area contributed by atoms with Gasteiger partial charge in [0.05, 0.1) is 5.69 Å². The van der Waals surface area contributed by atoms with Crippen molar-refractivity contribution in [1.82, 2.24) is 4.98 Å². The average molecular weight is 296 g/mol. The van der Waals surface area contributed by atoms with Crippen molar-refractivity contribution in [3.05, 3.63) is 39.8 Å². The van der Waals surface area contributed by atoms with Crippen LogP contribution in [0.15, 0.2) is 34.1 Å². The smallest absolute Gasteiger partial charge is 0.123 e. The fourth-order valence-corrected chi connectivity index (χ4v) is 2.66. The molecule has 2 rings (SSSR count). The lowest BCUT2D eigenvalue weighted by atomic mass is 10.1. The lowest BCUT2D eigenvalue weighted by molar-refractivity contribution is 0.714. The van der Waals surface area contributed by atoms with Crippen LogP contribution in [0.25, 0.3) is 10.6 Å². The van der Waals surface area contributed by atoms with Gasteiger partial charge in [0.2, 0.25) is 0 Å². The number of aromatic nitrogens is 1. The largest absolute Gasteiger partial charge is 0.241 e. The van der Waals surface area contributed by atoms with E-state index in [-0.39, 0.29) is 0 Å². The highest BCUT2D eigenvalue weighted by Gasteiger charge is 2.09. The van der Waals surface area contributed by atoms with Gasteiger partial charge in [-0.1, -0.05) is 41.9 Å². The zero-order valence-electron chi connectivity index (χ0n) is 9.40. The van der Waals surface area contributed by atoms with Crippen LogP contribution < -0.4 is 0 Å². The quantitative estimate of drug-likeness (QED) is 0.769. The summed E-state index contributed by atoms with van der Waals surface area (Å²) in [4.78, 5) is 4.68. The monoisotopic (exact) mass is 295 g/mol. The molecular weight excluding hydrogens is 282 g/mol. The summed E-state index contributed by atoms with van der Waals surface area (Å²) in [6.07, 6.45) is 1.14. The Bertz CT molecular complexity index is 461. The first-order chi connectivity index (χ1) is 7.70. The summed E-state index contributed by atoms with van der Waals surface area (Å²) in [5.41, 5.74) is 2.41. The van der Waals surface area contributed by atoms with E-state index in [2.05, 4.69) is 64.4 Å². The van der Waals surface area contributed by atoms with E-state index in [1.54, 1.807) is 11.3 Å². The minimum absolute atomic E-state index is 0.556. The van der Waals surface area contributed by atoms with Crippen LogP contribution in [0.4, 0.5) is 0 Å². The number of hydrogen-bond acceptors (Lipinski definition) is 2. The van der Waals surface area contributed by atoms with Gasteiger partial charge in [-0.15, -0.1) is 11.3 Å². The van der Waals surface area contributed by atoms with E-state index < -0.39 is 0 Å². The molecule has 1 atom stereocenters. The van der Waals surface area contributed by atoms with Crippen molar-refractivity contribution in [2.75, 3.05) is 0 Å². The van der Waals surface area contributed by atoms with Gasteiger partial charge in [-0.05, 0) is 24.5 Å². The van der Waals surface area contributed by atoms with Crippen molar-refractivity contribution in [2.24, 2.45) is 0 Å². The van der Waals surface area contributed by atoms with Crippen molar-refractivity contribution in [2.45, 2.75) is 26.2 Å². The van der Waals surface area contributed by atoms with Gasteiger partial charge in [0.25, 0.3) is 0 Å². The van der Waals surface area contributed by atoms with E-state index in [4.69, 9.17) is 0 Å². The Balaban J connectivity index is 2.28. The van der Waals surface area contributed by atoms with Gasteiger partial charge < -0.3 is 0 Å². The molecule has 16 heavy (non-hydrogen) atoms. The molecule has 0 bridgehead atoms. The Labute approximate surface area is 109 Å². The molecule has 1 heterocycles. The molecule has 0 radical (unpaired) electrons. The highest BCUT2D eigenvalue weighted by Crippen LogP contribution is 2.28. The van der Waals surface area contributed by atoms with E-state index >= 15 is 0 Å². The zero-order chi connectivity index (χ0) is 11.5. The standard InChI is InChI=1S/C13H14BrNS/c1-3-9(2)12-8-16-13(15-12)10-4-6-11(14)7-5-10/h4-9H,3H2,1-2H3. The molecule has 0 fully saturated rings. The molecule has 0 aliphatic carbocycles. The number of halogens is 1. The Morgan fingerprint density at radius 1 is 1.31 bits per heavy atom. The maximum absolute atomic E-state index is 4.68. The van der Waals surface area contributed by atoms with Gasteiger partial charge in [-0.25, -0.2) is 4.98 Å². The first-order valence-corrected chi connectivity index (χ1v) is 7.09. The molecule has 0 saturated heterocycles. The van der Waals surface area contributed by atoms with Crippen LogP contribution >= 0.6 is 27.3 Å². The SMILES string of the molecule is CCC(C)c1csc(-c2ccc(Br)cc2)n1. The first-order valence-electron chi connectivity index (χ1n) is 5.42. The zero-order valence-corrected chi connectivity index (χ0v) is 11.8. The van der Waals surface area contributed by atoms with Gasteiger partial charge in [-0.3, -0.25) is 0 Å². The summed E-state index contributed by atoms with van der Waals surface area (Å²) in [7, 11) is 0. The molecule has 1 nitrogen and oxygen atoms in total. The highest BCUT2D eigenvalue weighted by atomic mass is 79.9. The topological polar surface area (TPSA) is 12.9 Å². The summed E-state index contributed by atoms with van der Waals surface area (Å²) in [5, 5.41) is 3.29. The first kappa shape index (κ1) is 11.8. The molecule has 0 spiro atoms. The molecule has 84 valence electrons. The molecule has 1 aromatic heterocycles. The number of rotatable bonds is 3. The third-order valence-electron chi connectivity index (χ3n) is 2.73. The molecule has 0 aliphatic rings. The van der Waals surface area contributed by atoms with Crippen LogP contribution in [0.5, 0.6) is 0 Å². The van der Waals surface area contributed by atoms with Crippen molar-refractivity contribution in [3.8, 4) is 10.6 Å². The van der Waals surface area contributed by atoms with Crippen molar-refractivity contribution in [1.29, 1.82) is 0 Å². The third kappa shape index (κ3) is 2.53. The maximum atomic E-state index is 4.68. The molecular formula is C13H14BrNS. The maximum Gasteiger partial charge on any atom is 0.123 e. The van der Waals surface area contributed by atoms with Crippen LogP contribution in [0.2, 0.25) is 0 Å². The summed E-state index contributed by atoms with van der Waals surface area (Å²) in [5.74, 6) is 0.556. The molecule has 0 aliphatic heterocycles. The van der Waals surface area contributed by atoms with Crippen molar-refractivity contribution in [3.63, 3.8) is 0 Å². The predicted molar refractivity (Wildman–Crippen MR) is 74.0 cm³/mol. The fourth-order valence-electron chi connectivity index (χ4n) is 1.45. The Morgan fingerprint density at radius 3 is 2.62 bits per heavy atom. The Morgan fingerprint density at radius 2 is 2.00 bits per heavy atom. The number of benzene rings is 1. The lowest BCUT2D eigenvalue weighted by Crippen LogP contribution is -1.90. The number of thiazole rings is 1. The predicted octanol–water partition coefficient (Wildman–Crippen LogP) is 5.09. The third-order valence-corrected chi connectivity index (χ3v) is 4.17. The van der Waals surface area contributed by atoms with Gasteiger partial charge in [0.15, 0.2) is 0 Å². The molecule has 1 aromatic carbocycles. The fraction of sp³-hybridized carbons (Fsp3) is 0.308. The summed E-state index contributed by atoms with van der Waals surface area (Å²) >= 11 is 5.17. The van der Waals surface area contributed by atoms with Gasteiger partial charge >= 0.3 is 0 Å². The minimum Gasteiger partial charge on any atom is -0.241 e. The van der Waals surface area contributed by atoms with E-state index in [9.17, 15) is 0 Å². The van der Waals surface area contributed by atoms with E-state index in [0.29, 0.717) is 5.92 Å². The van der Waals surface area contributed by atoms with Crippen LogP contribution in [-0.4, -0.2) is 4.98 Å². The van der Waals surface area contributed by atoms with Crippen molar-refractivity contribution >= 4 is 27.3 Å². The molecule has 3 heteroatoms. The van der Waals surface area contributed by atoms with Gasteiger partial charge in [0.1, 0.15) is 5.01 Å². The van der Waals surface area contributed by atoms with Gasteiger partial charge in [0, 0.05) is 15.4 Å². The molecule has 0 saturated carbocycles. The number of nitrogens with zero attached hydrogens (tertiary/aromatic N) is 1. The average Bonchev–Trinajstić information content (AvgIpc) is 2.78. The lowest BCUT2D eigenvalue weighted by Gasteiger charge is -2.02. The normalized spacial score (nSPS) is 12.7. The second kappa shape index (κ2) is 5.11. The van der Waals surface area contributed by atoms with Crippen LogP contribution in [0, 0.1) is 0 Å². The van der Waals surface area contributed by atoms with E-state index in [1.165, 1.54) is 11.3 Å². The summed E-state index contributed by atoms with van der Waals surface area (Å²) in [6, 6.07) is 8.31. The Kier molecular flexibility index (Phi) is 3.77. The van der Waals surface area contributed by atoms with Crippen LogP contribution in [0.3, 0.4) is 0 Å². The summed E-state index contributed by atoms with van der Waals surface area (Å²) < 4.78 is 1.11. The van der Waals surface area contributed by atoms with E-state index in [0.717, 1.165) is 15.9 Å². The summed E-state index contributed by atoms with van der Waals surface area (Å²) in [6.45, 7) is 4.42. The van der Waals surface area contributed by atoms with Crippen molar-refractivity contribution < 1.29 is 0 Å². The van der Waals surface area contributed by atoms with Crippen LogP contribution in [-0.2, 0) is 0 Å².